The Morgan fingerprint density at radius 2 is 1.85 bits per heavy atom. The second-order valence-electron chi connectivity index (χ2n) is 7.48. The quantitative estimate of drug-likeness (QED) is 0.675. The zero-order valence-corrected chi connectivity index (χ0v) is 18.1. The lowest BCUT2D eigenvalue weighted by Gasteiger charge is -2.32. The fraction of sp³-hybridized carbons (Fsp3) is 0.632. The van der Waals surface area contributed by atoms with Crippen LogP contribution in [0.15, 0.2) is 18.2 Å². The van der Waals surface area contributed by atoms with E-state index in [0.717, 1.165) is 12.0 Å². The first-order valence-corrected chi connectivity index (χ1v) is 10.7. The van der Waals surface area contributed by atoms with Crippen molar-refractivity contribution in [2.75, 3.05) is 12.9 Å². The molecule has 0 saturated heterocycles. The fourth-order valence-corrected chi connectivity index (χ4v) is 2.84. The van der Waals surface area contributed by atoms with Crippen molar-refractivity contribution in [2.24, 2.45) is 0 Å². The monoisotopic (exact) mass is 400 g/mol. The smallest absolute Gasteiger partial charge is 0.318 e. The molecule has 0 aliphatic heterocycles. The highest BCUT2D eigenvalue weighted by atomic mass is 32.2. The van der Waals surface area contributed by atoms with E-state index >= 15 is 0 Å². The summed E-state index contributed by atoms with van der Waals surface area (Å²) in [7, 11) is -2.24. The van der Waals surface area contributed by atoms with Gasteiger partial charge in [-0.3, -0.25) is 0 Å². The summed E-state index contributed by atoms with van der Waals surface area (Å²) < 4.78 is 34.0. The van der Waals surface area contributed by atoms with Crippen LogP contribution in [0.4, 0.5) is 4.79 Å². The maximum Gasteiger partial charge on any atom is 0.318 e. The molecule has 8 heteroatoms. The van der Waals surface area contributed by atoms with Gasteiger partial charge in [-0.25, -0.2) is 4.79 Å². The molecular weight excluding hydrogens is 368 g/mol. The van der Waals surface area contributed by atoms with Gasteiger partial charge >= 0.3 is 16.1 Å². The van der Waals surface area contributed by atoms with Gasteiger partial charge in [-0.15, -0.1) is 0 Å². The van der Waals surface area contributed by atoms with Crippen LogP contribution in [0.1, 0.15) is 53.5 Å². The topological polar surface area (TPSA) is 84.9 Å². The Morgan fingerprint density at radius 3 is 2.33 bits per heavy atom. The van der Waals surface area contributed by atoms with Crippen LogP contribution in [0.2, 0.25) is 0 Å². The predicted molar refractivity (Wildman–Crippen MR) is 107 cm³/mol. The molecule has 0 spiro atoms. The highest BCUT2D eigenvalue weighted by Crippen LogP contribution is 2.30. The van der Waals surface area contributed by atoms with Crippen molar-refractivity contribution < 1.29 is 22.1 Å². The van der Waals surface area contributed by atoms with Gasteiger partial charge in [0.2, 0.25) is 0 Å². The zero-order valence-electron chi connectivity index (χ0n) is 17.3. The van der Waals surface area contributed by atoms with Gasteiger partial charge in [0, 0.05) is 18.1 Å². The van der Waals surface area contributed by atoms with Crippen molar-refractivity contribution >= 4 is 16.1 Å². The third-order valence-corrected chi connectivity index (χ3v) is 5.16. The van der Waals surface area contributed by atoms with E-state index in [0.29, 0.717) is 12.3 Å². The Bertz CT molecular complexity index is 741. The van der Waals surface area contributed by atoms with E-state index in [1.807, 2.05) is 34.6 Å². The molecule has 0 aliphatic rings. The van der Waals surface area contributed by atoms with Gasteiger partial charge in [-0.2, -0.15) is 8.42 Å². The van der Waals surface area contributed by atoms with Crippen LogP contribution in [0.25, 0.3) is 0 Å². The number of nitrogens with one attached hydrogen (secondary N) is 1. The molecule has 2 amide bonds. The van der Waals surface area contributed by atoms with Crippen LogP contribution >= 0.6 is 0 Å². The van der Waals surface area contributed by atoms with Crippen molar-refractivity contribution in [3.63, 3.8) is 0 Å². The van der Waals surface area contributed by atoms with Gasteiger partial charge in [0.15, 0.2) is 11.5 Å². The van der Waals surface area contributed by atoms with E-state index in [2.05, 4.69) is 5.32 Å². The Kier molecular flexibility index (Phi) is 7.95. The number of hydrogen-bond acceptors (Lipinski definition) is 5. The molecule has 1 aromatic carbocycles. The molecule has 1 atom stereocenters. The highest BCUT2D eigenvalue weighted by Gasteiger charge is 2.24. The molecule has 0 bridgehead atoms. The number of rotatable bonds is 8. The van der Waals surface area contributed by atoms with Gasteiger partial charge in [-0.05, 0) is 58.7 Å². The lowest BCUT2D eigenvalue weighted by atomic mass is 10.1. The highest BCUT2D eigenvalue weighted by molar-refractivity contribution is 7.87. The first-order chi connectivity index (χ1) is 12.4. The molecule has 1 aromatic rings. The van der Waals surface area contributed by atoms with E-state index < -0.39 is 10.1 Å². The number of carbonyl (C=O) groups excluding carboxylic acids is 1. The summed E-state index contributed by atoms with van der Waals surface area (Å²) >= 11 is 0. The second kappa shape index (κ2) is 9.30. The van der Waals surface area contributed by atoms with Gasteiger partial charge in [0.1, 0.15) is 0 Å². The summed E-state index contributed by atoms with van der Waals surface area (Å²) in [6.45, 7) is 11.6. The minimum absolute atomic E-state index is 0.0122. The first kappa shape index (κ1) is 23.1. The molecule has 7 nitrogen and oxygen atoms in total. The number of hydrogen-bond donors (Lipinski definition) is 1. The van der Waals surface area contributed by atoms with Crippen LogP contribution in [0, 0.1) is 0 Å². The molecule has 1 rings (SSSR count). The van der Waals surface area contributed by atoms with E-state index in [4.69, 9.17) is 8.92 Å². The third-order valence-electron chi connectivity index (χ3n) is 4.02. The van der Waals surface area contributed by atoms with Gasteiger partial charge in [-0.1, -0.05) is 13.0 Å². The lowest BCUT2D eigenvalue weighted by molar-refractivity contribution is 0.165. The van der Waals surface area contributed by atoms with Gasteiger partial charge in [0.05, 0.1) is 12.9 Å². The van der Waals surface area contributed by atoms with Gasteiger partial charge < -0.3 is 19.1 Å². The van der Waals surface area contributed by atoms with Crippen molar-refractivity contribution in [1.29, 1.82) is 0 Å². The second-order valence-corrected chi connectivity index (χ2v) is 9.34. The minimum atomic E-state index is -3.68. The minimum Gasteiger partial charge on any atom is -0.493 e. The Labute approximate surface area is 163 Å². The molecule has 0 saturated carbocycles. The predicted octanol–water partition coefficient (Wildman–Crippen LogP) is 3.53. The van der Waals surface area contributed by atoms with Crippen LogP contribution in [-0.4, -0.2) is 43.8 Å². The fourth-order valence-electron chi connectivity index (χ4n) is 2.32. The average molecular weight is 401 g/mol. The van der Waals surface area contributed by atoms with Crippen molar-refractivity contribution in [3.8, 4) is 11.5 Å². The molecule has 27 heavy (non-hydrogen) atoms. The van der Waals surface area contributed by atoms with E-state index in [1.165, 1.54) is 14.0 Å². The molecule has 0 fully saturated rings. The normalized spacial score (nSPS) is 13.0. The molecule has 0 radical (unpaired) electrons. The zero-order chi connectivity index (χ0) is 20.8. The molecular formula is C19H32N2O5S. The molecule has 0 aliphatic carbocycles. The van der Waals surface area contributed by atoms with Crippen molar-refractivity contribution in [1.82, 2.24) is 10.2 Å². The van der Waals surface area contributed by atoms with Crippen LogP contribution in [-0.2, 0) is 16.7 Å². The maximum atomic E-state index is 12.7. The summed E-state index contributed by atoms with van der Waals surface area (Å²) in [5, 5.41) is 2.97. The summed E-state index contributed by atoms with van der Waals surface area (Å²) in [4.78, 5) is 14.4. The first-order valence-electron chi connectivity index (χ1n) is 9.10. The number of methoxy groups -OCH3 is 1. The van der Waals surface area contributed by atoms with Crippen LogP contribution < -0.4 is 14.2 Å². The summed E-state index contributed by atoms with van der Waals surface area (Å²) in [6, 6.07) is 4.89. The van der Waals surface area contributed by atoms with E-state index in [1.54, 1.807) is 23.1 Å². The molecule has 0 unspecified atom stereocenters. The van der Waals surface area contributed by atoms with Crippen LogP contribution in [0.3, 0.4) is 0 Å². The summed E-state index contributed by atoms with van der Waals surface area (Å²) in [5.41, 5.74) is 0.396. The van der Waals surface area contributed by atoms with E-state index in [9.17, 15) is 13.2 Å². The Hall–Kier alpha value is -1.96. The largest absolute Gasteiger partial charge is 0.493 e. The number of amides is 2. The molecule has 0 aromatic heterocycles. The number of nitrogens with zero attached hydrogens (tertiary/aromatic N) is 1. The lowest BCUT2D eigenvalue weighted by Crippen LogP contribution is -2.50. The molecule has 1 N–H and O–H groups in total. The SMILES string of the molecule is CC[C@@H](C)N(Cc1ccc(OC)c(OS(=O)(=O)CC)c1)C(=O)NC(C)(C)C. The maximum absolute atomic E-state index is 12.7. The number of carbonyl (C=O) groups is 1. The van der Waals surface area contributed by atoms with Crippen molar-refractivity contribution in [2.45, 2.75) is 66.1 Å². The summed E-state index contributed by atoms with van der Waals surface area (Å²) in [6.07, 6.45) is 0.793. The van der Waals surface area contributed by atoms with E-state index in [-0.39, 0.29) is 29.1 Å². The molecule has 0 heterocycles. The molecule has 154 valence electrons. The van der Waals surface area contributed by atoms with Gasteiger partial charge in [0.25, 0.3) is 0 Å². The Balaban J connectivity index is 3.16. The number of urea groups is 1. The average Bonchev–Trinajstić information content (AvgIpc) is 2.57. The standard InChI is InChI=1S/C19H32N2O5S/c1-8-14(3)21(18(22)20-19(4,5)6)13-15-10-11-16(25-7)17(12-15)26-27(23,24)9-2/h10-12,14H,8-9,13H2,1-7H3,(H,20,22)/t14-/m1/s1. The number of benzene rings is 1. The summed E-state index contributed by atoms with van der Waals surface area (Å²) in [5.74, 6) is 0.301. The Morgan fingerprint density at radius 1 is 1.22 bits per heavy atom. The third kappa shape index (κ3) is 7.28. The number of ether oxygens (including phenoxy) is 1. The van der Waals surface area contributed by atoms with Crippen molar-refractivity contribution in [3.05, 3.63) is 23.8 Å². The van der Waals surface area contributed by atoms with Crippen LogP contribution in [0.5, 0.6) is 11.5 Å².